The number of rotatable bonds is 4. The van der Waals surface area contributed by atoms with E-state index in [9.17, 15) is 4.79 Å². The van der Waals surface area contributed by atoms with Crippen LogP contribution in [0, 0.1) is 0 Å². The van der Waals surface area contributed by atoms with Crippen LogP contribution in [0.25, 0.3) is 0 Å². The van der Waals surface area contributed by atoms with Gasteiger partial charge in [0, 0.05) is 11.3 Å². The van der Waals surface area contributed by atoms with Crippen LogP contribution >= 0.6 is 0 Å². The molecule has 1 rings (SSSR count). The Morgan fingerprint density at radius 3 is 2.53 bits per heavy atom. The van der Waals surface area contributed by atoms with Gasteiger partial charge in [-0.05, 0) is 30.7 Å². The number of benzene rings is 1. The Bertz CT molecular complexity index is 318. The second-order valence-electron chi connectivity index (χ2n) is 3.38. The van der Waals surface area contributed by atoms with E-state index in [0.717, 1.165) is 0 Å². The topological polar surface area (TPSA) is 75.3 Å². The summed E-state index contributed by atoms with van der Waals surface area (Å²) < 4.78 is 0. The zero-order chi connectivity index (χ0) is 11.3. The minimum atomic E-state index is -0.185. The minimum absolute atomic E-state index is 0.0444. The number of nitrogens with one attached hydrogen (secondary N) is 1. The van der Waals surface area contributed by atoms with E-state index < -0.39 is 0 Å². The number of aliphatic hydroxyl groups excluding tert-OH is 1. The lowest BCUT2D eigenvalue weighted by Gasteiger charge is -2.13. The maximum atomic E-state index is 11.6. The van der Waals surface area contributed by atoms with E-state index in [4.69, 9.17) is 10.8 Å². The van der Waals surface area contributed by atoms with E-state index in [1.54, 1.807) is 24.3 Å². The van der Waals surface area contributed by atoms with E-state index in [1.807, 2.05) is 6.92 Å². The van der Waals surface area contributed by atoms with Gasteiger partial charge >= 0.3 is 0 Å². The van der Waals surface area contributed by atoms with Crippen molar-refractivity contribution in [3.8, 4) is 0 Å². The standard InChI is InChI=1S/C11H16N2O2/c1-2-10(7-14)13-11(15)8-3-5-9(12)6-4-8/h3-6,10,14H,2,7,12H2,1H3,(H,13,15)/t10-/m1/s1. The van der Waals surface area contributed by atoms with Gasteiger partial charge in [0.05, 0.1) is 12.6 Å². The minimum Gasteiger partial charge on any atom is -0.399 e. The summed E-state index contributed by atoms with van der Waals surface area (Å²) in [4.78, 5) is 11.6. The van der Waals surface area contributed by atoms with Crippen LogP contribution < -0.4 is 11.1 Å². The molecule has 0 aliphatic rings. The molecule has 0 saturated carbocycles. The number of nitrogen functional groups attached to an aromatic ring is 1. The van der Waals surface area contributed by atoms with Gasteiger partial charge in [-0.25, -0.2) is 0 Å². The van der Waals surface area contributed by atoms with Crippen molar-refractivity contribution >= 4 is 11.6 Å². The molecule has 0 spiro atoms. The van der Waals surface area contributed by atoms with Crippen LogP contribution in [0.5, 0.6) is 0 Å². The summed E-state index contributed by atoms with van der Waals surface area (Å²) in [6.45, 7) is 1.86. The molecular weight excluding hydrogens is 192 g/mol. The smallest absolute Gasteiger partial charge is 0.251 e. The first-order valence-electron chi connectivity index (χ1n) is 4.94. The lowest BCUT2D eigenvalue weighted by molar-refractivity contribution is 0.0915. The van der Waals surface area contributed by atoms with Gasteiger partial charge in [0.2, 0.25) is 0 Å². The monoisotopic (exact) mass is 208 g/mol. The molecule has 0 aromatic heterocycles. The van der Waals surface area contributed by atoms with Crippen molar-refractivity contribution in [3.05, 3.63) is 29.8 Å². The second kappa shape index (κ2) is 5.36. The van der Waals surface area contributed by atoms with Crippen molar-refractivity contribution in [1.82, 2.24) is 5.32 Å². The average Bonchev–Trinajstić information content (AvgIpc) is 2.26. The average molecular weight is 208 g/mol. The predicted octanol–water partition coefficient (Wildman–Crippen LogP) is 0.770. The molecule has 4 heteroatoms. The van der Waals surface area contributed by atoms with Gasteiger partial charge < -0.3 is 16.2 Å². The molecule has 0 unspecified atom stereocenters. The van der Waals surface area contributed by atoms with E-state index >= 15 is 0 Å². The predicted molar refractivity (Wildman–Crippen MR) is 59.5 cm³/mol. The molecule has 15 heavy (non-hydrogen) atoms. The number of aliphatic hydroxyl groups is 1. The van der Waals surface area contributed by atoms with Crippen LogP contribution in [0.2, 0.25) is 0 Å². The van der Waals surface area contributed by atoms with Crippen LogP contribution in [0.1, 0.15) is 23.7 Å². The highest BCUT2D eigenvalue weighted by atomic mass is 16.3. The third-order valence-electron chi connectivity index (χ3n) is 2.22. The summed E-state index contributed by atoms with van der Waals surface area (Å²) in [5, 5.41) is 11.7. The normalized spacial score (nSPS) is 12.1. The van der Waals surface area contributed by atoms with Gasteiger partial charge in [0.15, 0.2) is 0 Å². The molecule has 0 saturated heterocycles. The third kappa shape index (κ3) is 3.25. The number of carbonyl (C=O) groups excluding carboxylic acids is 1. The summed E-state index contributed by atoms with van der Waals surface area (Å²) in [7, 11) is 0. The number of hydrogen-bond acceptors (Lipinski definition) is 3. The molecule has 0 aliphatic heterocycles. The maximum absolute atomic E-state index is 11.6. The van der Waals surface area contributed by atoms with Crippen LogP contribution in [-0.4, -0.2) is 23.7 Å². The van der Waals surface area contributed by atoms with E-state index in [0.29, 0.717) is 17.7 Å². The maximum Gasteiger partial charge on any atom is 0.251 e. The summed E-state index contributed by atoms with van der Waals surface area (Å²) in [6.07, 6.45) is 0.706. The fourth-order valence-corrected chi connectivity index (χ4v) is 1.18. The van der Waals surface area contributed by atoms with Crippen molar-refractivity contribution in [2.24, 2.45) is 0 Å². The first kappa shape index (κ1) is 11.5. The Morgan fingerprint density at radius 2 is 2.07 bits per heavy atom. The zero-order valence-electron chi connectivity index (χ0n) is 8.73. The van der Waals surface area contributed by atoms with Crippen LogP contribution in [0.3, 0.4) is 0 Å². The molecule has 0 heterocycles. The summed E-state index contributed by atoms with van der Waals surface area (Å²) >= 11 is 0. The largest absolute Gasteiger partial charge is 0.399 e. The highest BCUT2D eigenvalue weighted by molar-refractivity contribution is 5.94. The zero-order valence-corrected chi connectivity index (χ0v) is 8.73. The highest BCUT2D eigenvalue weighted by Crippen LogP contribution is 2.05. The number of nitrogens with two attached hydrogens (primary N) is 1. The number of amides is 1. The highest BCUT2D eigenvalue weighted by Gasteiger charge is 2.10. The van der Waals surface area contributed by atoms with E-state index in [-0.39, 0.29) is 18.6 Å². The molecule has 82 valence electrons. The fourth-order valence-electron chi connectivity index (χ4n) is 1.18. The molecule has 1 aromatic carbocycles. The number of anilines is 1. The summed E-state index contributed by atoms with van der Waals surface area (Å²) in [5.41, 5.74) is 6.69. The lowest BCUT2D eigenvalue weighted by atomic mass is 10.1. The molecule has 0 bridgehead atoms. The van der Waals surface area contributed by atoms with Crippen LogP contribution in [0.15, 0.2) is 24.3 Å². The molecule has 1 aromatic rings. The number of hydrogen-bond donors (Lipinski definition) is 3. The number of carbonyl (C=O) groups is 1. The Balaban J connectivity index is 2.64. The molecule has 0 radical (unpaired) electrons. The van der Waals surface area contributed by atoms with Crippen molar-refractivity contribution < 1.29 is 9.90 Å². The molecule has 0 aliphatic carbocycles. The van der Waals surface area contributed by atoms with Gasteiger partial charge in [0.25, 0.3) is 5.91 Å². The Morgan fingerprint density at radius 1 is 1.47 bits per heavy atom. The Hall–Kier alpha value is -1.55. The van der Waals surface area contributed by atoms with Crippen LogP contribution in [0.4, 0.5) is 5.69 Å². The van der Waals surface area contributed by atoms with Crippen LogP contribution in [-0.2, 0) is 0 Å². The van der Waals surface area contributed by atoms with Crippen molar-refractivity contribution in [3.63, 3.8) is 0 Å². The van der Waals surface area contributed by atoms with Gasteiger partial charge in [-0.1, -0.05) is 6.92 Å². The van der Waals surface area contributed by atoms with Gasteiger partial charge in [-0.2, -0.15) is 0 Å². The first-order valence-corrected chi connectivity index (χ1v) is 4.94. The van der Waals surface area contributed by atoms with Crippen molar-refractivity contribution in [1.29, 1.82) is 0 Å². The van der Waals surface area contributed by atoms with Crippen molar-refractivity contribution in [2.75, 3.05) is 12.3 Å². The van der Waals surface area contributed by atoms with E-state index in [1.165, 1.54) is 0 Å². The SMILES string of the molecule is CC[C@H](CO)NC(=O)c1ccc(N)cc1. The molecule has 4 nitrogen and oxygen atoms in total. The quantitative estimate of drug-likeness (QED) is 0.640. The molecule has 1 atom stereocenters. The van der Waals surface area contributed by atoms with E-state index in [2.05, 4.69) is 5.32 Å². The molecular formula is C11H16N2O2. The Labute approximate surface area is 89.1 Å². The lowest BCUT2D eigenvalue weighted by Crippen LogP contribution is -2.36. The Kier molecular flexibility index (Phi) is 4.12. The molecule has 4 N–H and O–H groups in total. The fraction of sp³-hybridized carbons (Fsp3) is 0.364. The summed E-state index contributed by atoms with van der Waals surface area (Å²) in [6, 6.07) is 6.49. The van der Waals surface area contributed by atoms with Crippen molar-refractivity contribution in [2.45, 2.75) is 19.4 Å². The van der Waals surface area contributed by atoms with Gasteiger partial charge in [-0.15, -0.1) is 0 Å². The van der Waals surface area contributed by atoms with Gasteiger partial charge in [-0.3, -0.25) is 4.79 Å². The second-order valence-corrected chi connectivity index (χ2v) is 3.38. The third-order valence-corrected chi connectivity index (χ3v) is 2.22. The van der Waals surface area contributed by atoms with Gasteiger partial charge in [0.1, 0.15) is 0 Å². The molecule has 1 amide bonds. The first-order chi connectivity index (χ1) is 7.17. The molecule has 0 fully saturated rings. The summed E-state index contributed by atoms with van der Waals surface area (Å²) in [5.74, 6) is -0.184.